The van der Waals surface area contributed by atoms with Crippen molar-refractivity contribution in [1.82, 2.24) is 9.38 Å². The Morgan fingerprint density at radius 3 is 2.88 bits per heavy atom. The molecule has 1 amide bonds. The minimum Gasteiger partial charge on any atom is -0.366 e. The van der Waals surface area contributed by atoms with Crippen LogP contribution in [-0.2, 0) is 4.79 Å². The van der Waals surface area contributed by atoms with Crippen LogP contribution in [0.1, 0.15) is 31.0 Å². The van der Waals surface area contributed by atoms with Crippen LogP contribution in [0.3, 0.4) is 0 Å². The van der Waals surface area contributed by atoms with Gasteiger partial charge in [0.2, 0.25) is 5.91 Å². The molecule has 2 aromatic rings. The molecule has 17 heavy (non-hydrogen) atoms. The normalized spacial score (nSPS) is 11.7. The SMILES string of the molecule is CC(C)c1ccc2nccn2c1/C=C/C(N)=O. The van der Waals surface area contributed by atoms with Gasteiger partial charge in [-0.25, -0.2) is 4.98 Å². The maximum absolute atomic E-state index is 10.8. The topological polar surface area (TPSA) is 60.4 Å². The Morgan fingerprint density at radius 2 is 2.24 bits per heavy atom. The van der Waals surface area contributed by atoms with E-state index in [-0.39, 0.29) is 0 Å². The quantitative estimate of drug-likeness (QED) is 0.818. The van der Waals surface area contributed by atoms with Crippen molar-refractivity contribution in [3.05, 3.63) is 41.9 Å². The molecule has 0 atom stereocenters. The number of aromatic nitrogens is 2. The minimum atomic E-state index is -0.447. The zero-order valence-corrected chi connectivity index (χ0v) is 9.92. The van der Waals surface area contributed by atoms with Gasteiger partial charge in [0.25, 0.3) is 0 Å². The maximum Gasteiger partial charge on any atom is 0.241 e. The highest BCUT2D eigenvalue weighted by Gasteiger charge is 2.08. The lowest BCUT2D eigenvalue weighted by atomic mass is 10.0. The first-order valence-corrected chi connectivity index (χ1v) is 5.53. The summed E-state index contributed by atoms with van der Waals surface area (Å²) in [6, 6.07) is 4.00. The van der Waals surface area contributed by atoms with Gasteiger partial charge in [0, 0.05) is 18.5 Å². The molecular formula is C13H15N3O. The first kappa shape index (κ1) is 11.4. The third kappa shape index (κ3) is 2.20. The van der Waals surface area contributed by atoms with Crippen molar-refractivity contribution in [2.75, 3.05) is 0 Å². The number of nitrogens with two attached hydrogens (primary N) is 1. The molecule has 0 aliphatic heterocycles. The van der Waals surface area contributed by atoms with Crippen molar-refractivity contribution in [1.29, 1.82) is 0 Å². The van der Waals surface area contributed by atoms with Crippen LogP contribution in [0.15, 0.2) is 30.6 Å². The number of carbonyl (C=O) groups is 1. The van der Waals surface area contributed by atoms with E-state index in [9.17, 15) is 4.79 Å². The molecule has 2 N–H and O–H groups in total. The molecule has 0 aliphatic rings. The van der Waals surface area contributed by atoms with E-state index in [1.54, 1.807) is 12.3 Å². The highest BCUT2D eigenvalue weighted by molar-refractivity contribution is 5.90. The number of fused-ring (bicyclic) bond motifs is 1. The van der Waals surface area contributed by atoms with Gasteiger partial charge in [0.15, 0.2) is 0 Å². The third-order valence-electron chi connectivity index (χ3n) is 2.66. The molecule has 4 heteroatoms. The van der Waals surface area contributed by atoms with Crippen LogP contribution in [0, 0.1) is 0 Å². The first-order chi connectivity index (χ1) is 8.09. The Morgan fingerprint density at radius 1 is 1.47 bits per heavy atom. The summed E-state index contributed by atoms with van der Waals surface area (Å²) < 4.78 is 1.95. The predicted molar refractivity (Wildman–Crippen MR) is 67.5 cm³/mol. The average Bonchev–Trinajstić information content (AvgIpc) is 2.73. The summed E-state index contributed by atoms with van der Waals surface area (Å²) in [4.78, 5) is 15.1. The molecule has 0 fully saturated rings. The molecule has 0 unspecified atom stereocenters. The highest BCUT2D eigenvalue weighted by Crippen LogP contribution is 2.22. The third-order valence-corrected chi connectivity index (χ3v) is 2.66. The van der Waals surface area contributed by atoms with Gasteiger partial charge in [0.05, 0.1) is 5.69 Å². The summed E-state index contributed by atoms with van der Waals surface area (Å²) in [5, 5.41) is 0. The monoisotopic (exact) mass is 229 g/mol. The number of pyridine rings is 1. The number of carbonyl (C=O) groups excluding carboxylic acids is 1. The van der Waals surface area contributed by atoms with Gasteiger partial charge in [-0.1, -0.05) is 19.9 Å². The van der Waals surface area contributed by atoms with Crippen molar-refractivity contribution in [3.63, 3.8) is 0 Å². The number of hydrogen-bond donors (Lipinski definition) is 1. The molecule has 0 saturated heterocycles. The first-order valence-electron chi connectivity index (χ1n) is 5.53. The fourth-order valence-corrected chi connectivity index (χ4v) is 1.86. The summed E-state index contributed by atoms with van der Waals surface area (Å²) >= 11 is 0. The Labute approximate surface area is 99.8 Å². The number of hydrogen-bond acceptors (Lipinski definition) is 2. The summed E-state index contributed by atoms with van der Waals surface area (Å²) in [5.41, 5.74) is 8.11. The Kier molecular flexibility index (Phi) is 2.95. The standard InChI is InChI=1S/C13H15N3O/c1-9(2)10-3-6-13-15-7-8-16(13)11(10)4-5-12(14)17/h3-9H,1-2H3,(H2,14,17)/b5-4+. The number of imidazole rings is 1. The van der Waals surface area contributed by atoms with E-state index >= 15 is 0 Å². The van der Waals surface area contributed by atoms with Gasteiger partial charge in [-0.15, -0.1) is 0 Å². The molecule has 4 nitrogen and oxygen atoms in total. The van der Waals surface area contributed by atoms with Gasteiger partial charge >= 0.3 is 0 Å². The Bertz CT molecular complexity index is 581. The zero-order valence-electron chi connectivity index (χ0n) is 9.92. The Hall–Kier alpha value is -2.10. The molecule has 2 rings (SSSR count). The number of rotatable bonds is 3. The molecule has 0 aliphatic carbocycles. The molecular weight excluding hydrogens is 214 g/mol. The largest absolute Gasteiger partial charge is 0.366 e. The maximum atomic E-state index is 10.8. The van der Waals surface area contributed by atoms with E-state index in [2.05, 4.69) is 18.8 Å². The van der Waals surface area contributed by atoms with E-state index in [0.717, 1.165) is 16.9 Å². The summed E-state index contributed by atoms with van der Waals surface area (Å²) in [5.74, 6) is -0.0776. The van der Waals surface area contributed by atoms with Crippen molar-refractivity contribution in [2.24, 2.45) is 5.73 Å². The van der Waals surface area contributed by atoms with Gasteiger partial charge in [-0.05, 0) is 23.6 Å². The summed E-state index contributed by atoms with van der Waals surface area (Å²) in [6.45, 7) is 4.22. The molecule has 0 bridgehead atoms. The minimum absolute atomic E-state index is 0.370. The molecule has 2 aromatic heterocycles. The molecule has 88 valence electrons. The van der Waals surface area contributed by atoms with Crippen LogP contribution < -0.4 is 5.73 Å². The van der Waals surface area contributed by atoms with Gasteiger partial charge in [0.1, 0.15) is 5.65 Å². The van der Waals surface area contributed by atoms with Crippen LogP contribution in [0.5, 0.6) is 0 Å². The second-order valence-electron chi connectivity index (χ2n) is 4.22. The van der Waals surface area contributed by atoms with Crippen molar-refractivity contribution < 1.29 is 4.79 Å². The van der Waals surface area contributed by atoms with Crippen molar-refractivity contribution >= 4 is 17.6 Å². The summed E-state index contributed by atoms with van der Waals surface area (Å²) in [6.07, 6.45) is 6.73. The molecule has 0 radical (unpaired) electrons. The van der Waals surface area contributed by atoms with Gasteiger partial charge < -0.3 is 10.1 Å². The smallest absolute Gasteiger partial charge is 0.241 e. The van der Waals surface area contributed by atoms with E-state index in [0.29, 0.717) is 5.92 Å². The predicted octanol–water partition coefficient (Wildman–Crippen LogP) is 1.96. The number of primary amides is 1. The van der Waals surface area contributed by atoms with Gasteiger partial charge in [-0.2, -0.15) is 0 Å². The number of amides is 1. The lowest BCUT2D eigenvalue weighted by Crippen LogP contribution is -2.06. The van der Waals surface area contributed by atoms with E-state index in [1.807, 2.05) is 22.7 Å². The summed E-state index contributed by atoms with van der Waals surface area (Å²) in [7, 11) is 0. The lowest BCUT2D eigenvalue weighted by Gasteiger charge is -2.11. The van der Waals surface area contributed by atoms with Crippen LogP contribution in [-0.4, -0.2) is 15.3 Å². The second kappa shape index (κ2) is 4.41. The fraction of sp³-hybridized carbons (Fsp3) is 0.231. The average molecular weight is 229 g/mol. The Balaban J connectivity index is 2.65. The van der Waals surface area contributed by atoms with Crippen LogP contribution in [0.2, 0.25) is 0 Å². The van der Waals surface area contributed by atoms with E-state index in [4.69, 9.17) is 5.73 Å². The fourth-order valence-electron chi connectivity index (χ4n) is 1.86. The lowest BCUT2D eigenvalue weighted by molar-refractivity contribution is -0.113. The van der Waals surface area contributed by atoms with E-state index in [1.165, 1.54) is 6.08 Å². The molecule has 2 heterocycles. The van der Waals surface area contributed by atoms with Gasteiger partial charge in [-0.3, -0.25) is 4.79 Å². The second-order valence-corrected chi connectivity index (χ2v) is 4.22. The molecule has 0 aromatic carbocycles. The molecule has 0 spiro atoms. The molecule has 0 saturated carbocycles. The number of nitrogens with zero attached hydrogens (tertiary/aromatic N) is 2. The van der Waals surface area contributed by atoms with Crippen LogP contribution in [0.4, 0.5) is 0 Å². The van der Waals surface area contributed by atoms with Crippen molar-refractivity contribution in [3.8, 4) is 0 Å². The zero-order chi connectivity index (χ0) is 12.4. The van der Waals surface area contributed by atoms with E-state index < -0.39 is 5.91 Å². The van der Waals surface area contributed by atoms with Crippen molar-refractivity contribution in [2.45, 2.75) is 19.8 Å². The highest BCUT2D eigenvalue weighted by atomic mass is 16.1. The van der Waals surface area contributed by atoms with Crippen LogP contribution in [0.25, 0.3) is 11.7 Å². The van der Waals surface area contributed by atoms with Crippen LogP contribution >= 0.6 is 0 Å².